The number of halogens is 6. The number of hydrogen-bond donors (Lipinski definition) is 1. The van der Waals surface area contributed by atoms with Crippen LogP contribution in [0.25, 0.3) is 16.7 Å². The average Bonchev–Trinajstić information content (AvgIpc) is 3.15. The Morgan fingerprint density at radius 1 is 0.850 bits per heavy atom. The van der Waals surface area contributed by atoms with Crippen molar-refractivity contribution < 1.29 is 35.9 Å². The summed E-state index contributed by atoms with van der Waals surface area (Å²) < 4.78 is 86.4. The second kappa shape index (κ2) is 8.92. The Morgan fingerprint density at radius 3 is 2.10 bits per heavy atom. The number of aromatic hydroxyl groups is 1. The lowest BCUT2D eigenvalue weighted by atomic mass is 9.68. The highest BCUT2D eigenvalue weighted by atomic mass is 32.2. The van der Waals surface area contributed by atoms with E-state index in [0.717, 1.165) is 55.7 Å². The monoisotopic (exact) mass is 579 g/mol. The van der Waals surface area contributed by atoms with Crippen LogP contribution >= 0.6 is 11.8 Å². The molecule has 40 heavy (non-hydrogen) atoms. The van der Waals surface area contributed by atoms with Crippen molar-refractivity contribution in [2.24, 2.45) is 0 Å². The minimum atomic E-state index is -4.59. The Bertz CT molecular complexity index is 1780. The molecule has 3 heterocycles. The summed E-state index contributed by atoms with van der Waals surface area (Å²) in [7, 11) is 0. The summed E-state index contributed by atoms with van der Waals surface area (Å²) in [5, 5.41) is 10.7. The first kappa shape index (κ1) is 26.5. The first-order chi connectivity index (χ1) is 18.8. The third-order valence-corrected chi connectivity index (χ3v) is 8.76. The van der Waals surface area contributed by atoms with Gasteiger partial charge in [0.25, 0.3) is 5.56 Å². The van der Waals surface area contributed by atoms with Gasteiger partial charge in [0.05, 0.1) is 16.8 Å². The summed E-state index contributed by atoms with van der Waals surface area (Å²) in [6, 6.07) is 8.52. The summed E-state index contributed by atoms with van der Waals surface area (Å²) in [5.41, 5.74) is -3.62. The zero-order valence-electron chi connectivity index (χ0n) is 20.4. The second-order valence-corrected chi connectivity index (χ2v) is 11.1. The third kappa shape index (κ3) is 4.03. The van der Waals surface area contributed by atoms with Crippen molar-refractivity contribution >= 4 is 22.7 Å². The molecular weight excluding hydrogens is 560 g/mol. The lowest BCUT2D eigenvalue weighted by molar-refractivity contribution is -0.138. The average molecular weight is 580 g/mol. The smallest absolute Gasteiger partial charge is 0.416 e. The maximum atomic E-state index is 13.9. The minimum Gasteiger partial charge on any atom is -0.505 e. The maximum absolute atomic E-state index is 13.9. The van der Waals surface area contributed by atoms with Gasteiger partial charge in [-0.15, -0.1) is 0 Å². The number of nitrogens with zero attached hydrogens (tertiary/aromatic N) is 1. The number of hydrogen-bond acceptors (Lipinski definition) is 5. The molecule has 1 aliphatic carbocycles. The van der Waals surface area contributed by atoms with Crippen LogP contribution in [0, 0.1) is 0 Å². The molecule has 4 aromatic rings. The second-order valence-electron chi connectivity index (χ2n) is 9.97. The van der Waals surface area contributed by atoms with E-state index in [4.69, 9.17) is 4.42 Å². The molecule has 0 unspecified atom stereocenters. The van der Waals surface area contributed by atoms with Gasteiger partial charge in [-0.2, -0.15) is 26.3 Å². The van der Waals surface area contributed by atoms with Crippen molar-refractivity contribution in [1.29, 1.82) is 0 Å². The van der Waals surface area contributed by atoms with E-state index < -0.39 is 50.7 Å². The van der Waals surface area contributed by atoms with Gasteiger partial charge in [-0.3, -0.25) is 9.36 Å². The molecule has 208 valence electrons. The Kier molecular flexibility index (Phi) is 5.92. The molecule has 0 atom stereocenters. The normalized spacial score (nSPS) is 16.4. The third-order valence-electron chi connectivity index (χ3n) is 7.69. The van der Waals surface area contributed by atoms with Crippen LogP contribution in [0.5, 0.6) is 5.75 Å². The summed E-state index contributed by atoms with van der Waals surface area (Å²) in [6.45, 7) is 0. The number of aromatic nitrogens is 1. The van der Waals surface area contributed by atoms with Gasteiger partial charge in [-0.1, -0.05) is 31.0 Å². The summed E-state index contributed by atoms with van der Waals surface area (Å²) >= 11 is 0.632. The topological polar surface area (TPSA) is 72.4 Å². The van der Waals surface area contributed by atoms with Crippen LogP contribution in [0.15, 0.2) is 72.3 Å². The van der Waals surface area contributed by atoms with Crippen LogP contribution in [0.2, 0.25) is 0 Å². The summed E-state index contributed by atoms with van der Waals surface area (Å²) in [6.07, 6.45) is -5.84. The van der Waals surface area contributed by atoms with Crippen LogP contribution in [-0.2, 0) is 17.8 Å². The predicted octanol–water partition coefficient (Wildman–Crippen LogP) is 7.40. The molecule has 1 fully saturated rings. The van der Waals surface area contributed by atoms with Crippen LogP contribution < -0.4 is 11.2 Å². The van der Waals surface area contributed by atoms with Gasteiger partial charge in [-0.05, 0) is 60.9 Å². The zero-order chi connectivity index (χ0) is 28.6. The Balaban J connectivity index is 1.54. The first-order valence-electron chi connectivity index (χ1n) is 12.3. The molecule has 2 aromatic heterocycles. The standard InChI is InChI=1S/C28H19F6NO4S/c29-27(30,31)14-4-7-16(8-5-14)40-23-22(36)21-19(39-25(23)38)13-20-26(10-2-1-3-11-26)17-12-15(28(32,33)34)6-9-18(17)35(20)24(21)37/h4-9,12-13,36H,1-3,10-11H2. The number of alkyl halides is 6. The molecule has 1 aliphatic heterocycles. The van der Waals surface area contributed by atoms with Crippen molar-refractivity contribution in [3.63, 3.8) is 0 Å². The molecule has 12 heteroatoms. The molecule has 0 amide bonds. The van der Waals surface area contributed by atoms with E-state index in [-0.39, 0.29) is 21.6 Å². The molecule has 2 aliphatic rings. The summed E-state index contributed by atoms with van der Waals surface area (Å²) in [4.78, 5) is 26.5. The highest BCUT2D eigenvalue weighted by Gasteiger charge is 2.47. The number of rotatable bonds is 2. The van der Waals surface area contributed by atoms with Crippen molar-refractivity contribution in [2.45, 2.75) is 59.7 Å². The first-order valence-corrected chi connectivity index (χ1v) is 13.2. The van der Waals surface area contributed by atoms with E-state index in [1.807, 2.05) is 0 Å². The van der Waals surface area contributed by atoms with Gasteiger partial charge in [-0.25, -0.2) is 4.79 Å². The van der Waals surface area contributed by atoms with Gasteiger partial charge in [0.15, 0.2) is 5.75 Å². The van der Waals surface area contributed by atoms with Crippen molar-refractivity contribution in [1.82, 2.24) is 4.57 Å². The highest BCUT2D eigenvalue weighted by molar-refractivity contribution is 7.99. The molecule has 6 rings (SSSR count). The molecule has 1 saturated carbocycles. The van der Waals surface area contributed by atoms with Gasteiger partial charge < -0.3 is 9.52 Å². The van der Waals surface area contributed by atoms with Crippen LogP contribution in [0.1, 0.15) is 54.5 Å². The maximum Gasteiger partial charge on any atom is 0.416 e. The van der Waals surface area contributed by atoms with Crippen molar-refractivity contribution in [2.75, 3.05) is 0 Å². The molecule has 2 aromatic carbocycles. The Morgan fingerprint density at radius 2 is 1.48 bits per heavy atom. The van der Waals surface area contributed by atoms with E-state index in [2.05, 4.69) is 0 Å². The molecule has 1 spiro atoms. The number of fused-ring (bicyclic) bond motifs is 6. The van der Waals surface area contributed by atoms with E-state index in [9.17, 15) is 41.0 Å². The lowest BCUT2D eigenvalue weighted by Gasteiger charge is -2.35. The van der Waals surface area contributed by atoms with Gasteiger partial charge in [0.2, 0.25) is 0 Å². The molecule has 5 nitrogen and oxygen atoms in total. The molecule has 1 N–H and O–H groups in total. The van der Waals surface area contributed by atoms with Crippen LogP contribution in [0.3, 0.4) is 0 Å². The molecular formula is C28H19F6NO4S. The molecule has 0 radical (unpaired) electrons. The number of benzene rings is 2. The molecule has 0 saturated heterocycles. The van der Waals surface area contributed by atoms with Gasteiger partial charge in [0.1, 0.15) is 15.9 Å². The van der Waals surface area contributed by atoms with Crippen molar-refractivity contribution in [3.05, 3.63) is 91.7 Å². The van der Waals surface area contributed by atoms with Gasteiger partial charge in [0, 0.05) is 22.1 Å². The Labute approximate surface area is 226 Å². The van der Waals surface area contributed by atoms with E-state index in [1.54, 1.807) is 0 Å². The van der Waals surface area contributed by atoms with E-state index in [0.29, 0.717) is 35.9 Å². The fraction of sp³-hybridized carbons (Fsp3) is 0.286. The lowest BCUT2D eigenvalue weighted by Crippen LogP contribution is -2.31. The Hall–Kier alpha value is -3.67. The predicted molar refractivity (Wildman–Crippen MR) is 134 cm³/mol. The quantitative estimate of drug-likeness (QED) is 0.251. The number of pyridine rings is 1. The fourth-order valence-electron chi connectivity index (χ4n) is 5.86. The molecule has 0 bridgehead atoms. The fourth-order valence-corrected chi connectivity index (χ4v) is 6.69. The van der Waals surface area contributed by atoms with Gasteiger partial charge >= 0.3 is 18.0 Å². The summed E-state index contributed by atoms with van der Waals surface area (Å²) in [5.74, 6) is -0.713. The SMILES string of the molecule is O=c1oc2cc3n(c(=O)c2c(O)c1Sc1ccc(C(F)(F)F)cc1)-c1ccc(C(F)(F)F)cc1C31CCCCC1. The van der Waals surface area contributed by atoms with Crippen LogP contribution in [-0.4, -0.2) is 9.67 Å². The zero-order valence-corrected chi connectivity index (χ0v) is 21.3. The van der Waals surface area contributed by atoms with Crippen molar-refractivity contribution in [3.8, 4) is 11.4 Å². The largest absolute Gasteiger partial charge is 0.505 e. The van der Waals surface area contributed by atoms with E-state index >= 15 is 0 Å². The van der Waals surface area contributed by atoms with Crippen LogP contribution in [0.4, 0.5) is 26.3 Å². The minimum absolute atomic E-state index is 0.183. The van der Waals surface area contributed by atoms with E-state index in [1.165, 1.54) is 16.7 Å². The highest BCUT2D eigenvalue weighted by Crippen LogP contribution is 2.53.